The lowest BCUT2D eigenvalue weighted by molar-refractivity contribution is -0.384. The second kappa shape index (κ2) is 6.56. The number of hydrogen-bond donors (Lipinski definition) is 2. The topological polar surface area (TPSA) is 70.4 Å². The van der Waals surface area contributed by atoms with Crippen molar-refractivity contribution in [3.05, 3.63) is 28.3 Å². The van der Waals surface area contributed by atoms with Crippen molar-refractivity contribution in [2.75, 3.05) is 44.4 Å². The number of likely N-dealkylation sites (tertiary alicyclic amines) is 1. The zero-order valence-electron chi connectivity index (χ0n) is 12.1. The summed E-state index contributed by atoms with van der Waals surface area (Å²) in [7, 11) is 3.91. The summed E-state index contributed by atoms with van der Waals surface area (Å²) in [5, 5.41) is 17.2. The van der Waals surface area contributed by atoms with E-state index in [4.69, 9.17) is 0 Å². The molecule has 20 heavy (non-hydrogen) atoms. The van der Waals surface area contributed by atoms with Crippen molar-refractivity contribution in [3.8, 4) is 0 Å². The molecule has 0 saturated carbocycles. The average Bonchev–Trinajstić information content (AvgIpc) is 2.46. The van der Waals surface area contributed by atoms with E-state index in [0.717, 1.165) is 31.0 Å². The first kappa shape index (κ1) is 14.6. The van der Waals surface area contributed by atoms with Gasteiger partial charge in [0.15, 0.2) is 0 Å². The quantitative estimate of drug-likeness (QED) is 0.639. The Kier molecular flexibility index (Phi) is 4.79. The Morgan fingerprint density at radius 2 is 1.95 bits per heavy atom. The molecule has 1 fully saturated rings. The number of rotatable bonds is 5. The molecular weight excluding hydrogens is 256 g/mol. The Morgan fingerprint density at radius 3 is 2.55 bits per heavy atom. The number of anilines is 2. The minimum absolute atomic E-state index is 0.114. The van der Waals surface area contributed by atoms with Gasteiger partial charge >= 0.3 is 0 Å². The molecule has 2 N–H and O–H groups in total. The maximum atomic E-state index is 10.9. The number of nitrogens with one attached hydrogen (secondary N) is 2. The molecule has 6 heteroatoms. The second-order valence-electron chi connectivity index (χ2n) is 5.40. The van der Waals surface area contributed by atoms with E-state index in [2.05, 4.69) is 22.6 Å². The summed E-state index contributed by atoms with van der Waals surface area (Å²) in [6.45, 7) is 3.13. The van der Waals surface area contributed by atoms with Gasteiger partial charge < -0.3 is 15.5 Å². The third-order valence-corrected chi connectivity index (χ3v) is 3.85. The van der Waals surface area contributed by atoms with Gasteiger partial charge in [-0.05, 0) is 45.0 Å². The Bertz CT molecular complexity index is 470. The number of nitro groups is 1. The zero-order valence-corrected chi connectivity index (χ0v) is 12.1. The second-order valence-corrected chi connectivity index (χ2v) is 5.40. The van der Waals surface area contributed by atoms with Crippen molar-refractivity contribution in [3.63, 3.8) is 0 Å². The van der Waals surface area contributed by atoms with Crippen LogP contribution < -0.4 is 10.6 Å². The van der Waals surface area contributed by atoms with Crippen LogP contribution in [0.1, 0.15) is 12.8 Å². The summed E-state index contributed by atoms with van der Waals surface area (Å²) in [5.41, 5.74) is 1.68. The van der Waals surface area contributed by atoms with Gasteiger partial charge in [-0.15, -0.1) is 0 Å². The van der Waals surface area contributed by atoms with E-state index in [1.165, 1.54) is 12.8 Å². The number of nitro benzene ring substituents is 1. The number of non-ortho nitro benzene ring substituents is 1. The van der Waals surface area contributed by atoms with E-state index in [0.29, 0.717) is 5.92 Å². The van der Waals surface area contributed by atoms with E-state index in [1.807, 2.05) is 6.07 Å². The molecule has 0 aromatic heterocycles. The normalized spacial score (nSPS) is 16.9. The molecule has 1 saturated heterocycles. The molecule has 1 aromatic carbocycles. The van der Waals surface area contributed by atoms with Gasteiger partial charge in [-0.25, -0.2) is 0 Å². The third kappa shape index (κ3) is 3.84. The number of benzene rings is 1. The summed E-state index contributed by atoms with van der Waals surface area (Å²) in [5.74, 6) is 0.642. The molecule has 2 rings (SSSR count). The van der Waals surface area contributed by atoms with Gasteiger partial charge in [-0.1, -0.05) is 0 Å². The van der Waals surface area contributed by atoms with E-state index in [-0.39, 0.29) is 10.6 Å². The lowest BCUT2D eigenvalue weighted by Gasteiger charge is -2.29. The Morgan fingerprint density at radius 1 is 1.30 bits per heavy atom. The molecule has 0 radical (unpaired) electrons. The largest absolute Gasteiger partial charge is 0.388 e. The van der Waals surface area contributed by atoms with E-state index >= 15 is 0 Å². The highest BCUT2D eigenvalue weighted by atomic mass is 16.6. The van der Waals surface area contributed by atoms with Crippen LogP contribution >= 0.6 is 0 Å². The first-order valence-electron chi connectivity index (χ1n) is 6.98. The predicted molar refractivity (Wildman–Crippen MR) is 81.4 cm³/mol. The highest BCUT2D eigenvalue weighted by molar-refractivity contribution is 5.63. The van der Waals surface area contributed by atoms with Crippen molar-refractivity contribution >= 4 is 17.1 Å². The lowest BCUT2D eigenvalue weighted by Crippen LogP contribution is -2.32. The van der Waals surface area contributed by atoms with E-state index in [9.17, 15) is 10.1 Å². The molecule has 0 spiro atoms. The standard InChI is InChI=1S/C14H22N4O2/c1-15-12-7-13(9-14(8-12)18(19)20)16-10-11-3-5-17(2)6-4-11/h7-9,11,15-16H,3-6,10H2,1-2H3. The van der Waals surface area contributed by atoms with Crippen LogP contribution in [0.2, 0.25) is 0 Å². The molecule has 0 aliphatic carbocycles. The van der Waals surface area contributed by atoms with Crippen LogP contribution in [0.5, 0.6) is 0 Å². The smallest absolute Gasteiger partial charge is 0.273 e. The summed E-state index contributed by atoms with van der Waals surface area (Å²) < 4.78 is 0. The molecule has 0 bridgehead atoms. The van der Waals surface area contributed by atoms with Crippen LogP contribution in [0, 0.1) is 16.0 Å². The van der Waals surface area contributed by atoms with Gasteiger partial charge in [0.2, 0.25) is 0 Å². The molecule has 110 valence electrons. The first-order chi connectivity index (χ1) is 9.58. The Hall–Kier alpha value is -1.82. The fourth-order valence-electron chi connectivity index (χ4n) is 2.49. The molecule has 0 atom stereocenters. The monoisotopic (exact) mass is 278 g/mol. The van der Waals surface area contributed by atoms with Crippen LogP contribution in [0.3, 0.4) is 0 Å². The molecular formula is C14H22N4O2. The van der Waals surface area contributed by atoms with Crippen LogP contribution in [-0.4, -0.2) is 43.6 Å². The van der Waals surface area contributed by atoms with Crippen molar-refractivity contribution in [2.45, 2.75) is 12.8 Å². The Labute approximate surface area is 119 Å². The zero-order chi connectivity index (χ0) is 14.5. The first-order valence-corrected chi connectivity index (χ1v) is 6.98. The summed E-state index contributed by atoms with van der Waals surface area (Å²) in [6.07, 6.45) is 2.36. The molecule has 1 aliphatic heterocycles. The predicted octanol–water partition coefficient (Wildman–Crippen LogP) is 2.39. The van der Waals surface area contributed by atoms with Gasteiger partial charge in [0.05, 0.1) is 4.92 Å². The molecule has 0 unspecified atom stereocenters. The van der Waals surface area contributed by atoms with E-state index in [1.54, 1.807) is 19.2 Å². The minimum atomic E-state index is -0.360. The summed E-state index contributed by atoms with van der Waals surface area (Å²) in [6, 6.07) is 5.04. The van der Waals surface area contributed by atoms with Crippen LogP contribution in [0.25, 0.3) is 0 Å². The number of piperidine rings is 1. The van der Waals surface area contributed by atoms with Crippen LogP contribution in [-0.2, 0) is 0 Å². The van der Waals surface area contributed by atoms with Crippen molar-refractivity contribution in [1.29, 1.82) is 0 Å². The SMILES string of the molecule is CNc1cc(NCC2CCN(C)CC2)cc([N+](=O)[O-])c1. The van der Waals surface area contributed by atoms with Crippen LogP contribution in [0.15, 0.2) is 18.2 Å². The number of hydrogen-bond acceptors (Lipinski definition) is 5. The van der Waals surface area contributed by atoms with Crippen LogP contribution in [0.4, 0.5) is 17.1 Å². The molecule has 6 nitrogen and oxygen atoms in total. The van der Waals surface area contributed by atoms with Gasteiger partial charge in [0.1, 0.15) is 0 Å². The van der Waals surface area contributed by atoms with Gasteiger partial charge in [-0.2, -0.15) is 0 Å². The lowest BCUT2D eigenvalue weighted by atomic mass is 9.97. The molecule has 1 heterocycles. The average molecular weight is 278 g/mol. The maximum absolute atomic E-state index is 10.9. The fraction of sp³-hybridized carbons (Fsp3) is 0.571. The molecule has 1 aromatic rings. The van der Waals surface area contributed by atoms with Crippen molar-refractivity contribution in [2.24, 2.45) is 5.92 Å². The summed E-state index contributed by atoms with van der Waals surface area (Å²) >= 11 is 0. The van der Waals surface area contributed by atoms with Gasteiger partial charge in [0, 0.05) is 37.1 Å². The Balaban J connectivity index is 1.98. The fourth-order valence-corrected chi connectivity index (χ4v) is 2.49. The highest BCUT2D eigenvalue weighted by Gasteiger charge is 2.17. The van der Waals surface area contributed by atoms with Gasteiger partial charge in [-0.3, -0.25) is 10.1 Å². The third-order valence-electron chi connectivity index (χ3n) is 3.85. The van der Waals surface area contributed by atoms with E-state index < -0.39 is 0 Å². The van der Waals surface area contributed by atoms with Crippen molar-refractivity contribution < 1.29 is 4.92 Å². The minimum Gasteiger partial charge on any atom is -0.388 e. The maximum Gasteiger partial charge on any atom is 0.273 e. The molecule has 1 aliphatic rings. The van der Waals surface area contributed by atoms with Crippen molar-refractivity contribution in [1.82, 2.24) is 4.90 Å². The molecule has 0 amide bonds. The number of nitrogens with zero attached hydrogens (tertiary/aromatic N) is 2. The van der Waals surface area contributed by atoms with Gasteiger partial charge in [0.25, 0.3) is 5.69 Å². The summed E-state index contributed by atoms with van der Waals surface area (Å²) in [4.78, 5) is 12.9. The highest BCUT2D eigenvalue weighted by Crippen LogP contribution is 2.25.